The van der Waals surface area contributed by atoms with Gasteiger partial charge in [-0.05, 0) is 31.0 Å². The van der Waals surface area contributed by atoms with Crippen LogP contribution in [0.4, 0.5) is 0 Å². The molecule has 1 rings (SSSR count). The molecule has 84 valence electrons. The first-order valence-electron chi connectivity index (χ1n) is 4.90. The van der Waals surface area contributed by atoms with Crippen molar-refractivity contribution in [1.29, 1.82) is 0 Å². The van der Waals surface area contributed by atoms with Crippen LogP contribution in [0, 0.1) is 0 Å². The summed E-state index contributed by atoms with van der Waals surface area (Å²) in [5.74, 6) is 0. The number of hydrogen-bond donors (Lipinski definition) is 3. The van der Waals surface area contributed by atoms with Gasteiger partial charge in [-0.25, -0.2) is 0 Å². The molecule has 0 amide bonds. The maximum absolute atomic E-state index is 9.03. The van der Waals surface area contributed by atoms with E-state index in [1.54, 1.807) is 11.8 Å². The van der Waals surface area contributed by atoms with Gasteiger partial charge >= 0.3 is 0 Å². The minimum Gasteiger partial charge on any atom is -0.395 e. The third-order valence-corrected chi connectivity index (χ3v) is 3.17. The monoisotopic (exact) mass is 226 g/mol. The summed E-state index contributed by atoms with van der Waals surface area (Å²) in [4.78, 5) is 1.23. The fourth-order valence-corrected chi connectivity index (χ4v) is 1.95. The average Bonchev–Trinajstić information content (AvgIpc) is 2.30. The lowest BCUT2D eigenvalue weighted by molar-refractivity contribution is 0.240. The van der Waals surface area contributed by atoms with Crippen molar-refractivity contribution in [2.24, 2.45) is 5.73 Å². The molecule has 0 aromatic heterocycles. The Kier molecular flexibility index (Phi) is 5.11. The van der Waals surface area contributed by atoms with E-state index in [1.165, 1.54) is 4.90 Å². The maximum Gasteiger partial charge on any atom is 0.0601 e. The fraction of sp³-hybridized carbons (Fsp3) is 0.455. The molecule has 0 aliphatic heterocycles. The maximum atomic E-state index is 9.03. The van der Waals surface area contributed by atoms with E-state index in [4.69, 9.17) is 10.8 Å². The summed E-state index contributed by atoms with van der Waals surface area (Å²) >= 11 is 1.71. The molecule has 2 atom stereocenters. The molecule has 15 heavy (non-hydrogen) atoms. The van der Waals surface area contributed by atoms with E-state index in [9.17, 15) is 0 Å². The molecule has 0 radical (unpaired) electrons. The number of hydrogen-bond acceptors (Lipinski definition) is 4. The van der Waals surface area contributed by atoms with E-state index in [1.807, 2.05) is 25.4 Å². The second kappa shape index (κ2) is 6.12. The highest BCUT2D eigenvalue weighted by Crippen LogP contribution is 2.20. The summed E-state index contributed by atoms with van der Waals surface area (Å²) in [7, 11) is 1.85. The molecule has 4 heteroatoms. The van der Waals surface area contributed by atoms with Gasteiger partial charge in [-0.15, -0.1) is 11.8 Å². The molecule has 4 N–H and O–H groups in total. The summed E-state index contributed by atoms with van der Waals surface area (Å²) in [5.41, 5.74) is 6.92. The van der Waals surface area contributed by atoms with Crippen molar-refractivity contribution in [2.75, 3.05) is 19.9 Å². The Morgan fingerprint density at radius 2 is 2.00 bits per heavy atom. The summed E-state index contributed by atoms with van der Waals surface area (Å²) in [5, 5.41) is 12.1. The number of aliphatic hydroxyl groups is 1. The highest BCUT2D eigenvalue weighted by molar-refractivity contribution is 7.98. The van der Waals surface area contributed by atoms with Gasteiger partial charge in [0, 0.05) is 17.0 Å². The van der Waals surface area contributed by atoms with Gasteiger partial charge in [0.05, 0.1) is 6.61 Å². The van der Waals surface area contributed by atoms with Gasteiger partial charge in [0.25, 0.3) is 0 Å². The summed E-state index contributed by atoms with van der Waals surface area (Å²) < 4.78 is 0. The summed E-state index contributed by atoms with van der Waals surface area (Å²) in [6.45, 7) is -0.0181. The lowest BCUT2D eigenvalue weighted by Gasteiger charge is -2.22. The van der Waals surface area contributed by atoms with Crippen molar-refractivity contribution >= 4 is 11.8 Å². The fourth-order valence-electron chi connectivity index (χ4n) is 1.54. The lowest BCUT2D eigenvalue weighted by atomic mass is 10.0. The number of rotatable bonds is 5. The van der Waals surface area contributed by atoms with Gasteiger partial charge in [0.15, 0.2) is 0 Å². The van der Waals surface area contributed by atoms with E-state index >= 15 is 0 Å². The number of benzene rings is 1. The first-order chi connectivity index (χ1) is 7.22. The molecular formula is C11H18N2OS. The molecule has 1 aromatic rings. The third kappa shape index (κ3) is 3.21. The second-order valence-corrected chi connectivity index (χ2v) is 4.27. The van der Waals surface area contributed by atoms with Crippen LogP contribution in [0.3, 0.4) is 0 Å². The number of aliphatic hydroxyl groups excluding tert-OH is 1. The van der Waals surface area contributed by atoms with Gasteiger partial charge in [0.2, 0.25) is 0 Å². The van der Waals surface area contributed by atoms with Gasteiger partial charge in [-0.1, -0.05) is 12.1 Å². The smallest absolute Gasteiger partial charge is 0.0601 e. The van der Waals surface area contributed by atoms with Crippen LogP contribution in [0.25, 0.3) is 0 Å². The SMILES string of the molecule is CNC(c1ccc(SC)cc1)C(N)CO. The first-order valence-corrected chi connectivity index (χ1v) is 6.13. The number of likely N-dealkylation sites (N-methyl/N-ethyl adjacent to an activating group) is 1. The van der Waals surface area contributed by atoms with Crippen LogP contribution in [-0.4, -0.2) is 31.1 Å². The molecular weight excluding hydrogens is 208 g/mol. The molecule has 1 aromatic carbocycles. The third-order valence-electron chi connectivity index (χ3n) is 2.42. The van der Waals surface area contributed by atoms with Gasteiger partial charge in [-0.2, -0.15) is 0 Å². The first kappa shape index (κ1) is 12.5. The Labute approximate surface area is 95.1 Å². The second-order valence-electron chi connectivity index (χ2n) is 3.39. The minimum absolute atomic E-state index is 0.00547. The number of nitrogens with one attached hydrogen (secondary N) is 1. The Morgan fingerprint density at radius 1 is 1.40 bits per heavy atom. The van der Waals surface area contributed by atoms with Crippen LogP contribution in [0.5, 0.6) is 0 Å². The van der Waals surface area contributed by atoms with Gasteiger partial charge < -0.3 is 16.2 Å². The Balaban J connectivity index is 2.83. The van der Waals surface area contributed by atoms with Crippen molar-refractivity contribution in [3.05, 3.63) is 29.8 Å². The molecule has 0 spiro atoms. The molecule has 0 fully saturated rings. The van der Waals surface area contributed by atoms with Crippen LogP contribution >= 0.6 is 11.8 Å². The largest absolute Gasteiger partial charge is 0.395 e. The van der Waals surface area contributed by atoms with Crippen LogP contribution in [0.15, 0.2) is 29.2 Å². The quantitative estimate of drug-likeness (QED) is 0.655. The van der Waals surface area contributed by atoms with Gasteiger partial charge in [-0.3, -0.25) is 0 Å². The van der Waals surface area contributed by atoms with Crippen LogP contribution < -0.4 is 11.1 Å². The zero-order chi connectivity index (χ0) is 11.3. The number of nitrogens with two attached hydrogens (primary N) is 1. The van der Waals surface area contributed by atoms with Crippen molar-refractivity contribution in [3.63, 3.8) is 0 Å². The Bertz CT molecular complexity index is 289. The summed E-state index contributed by atoms with van der Waals surface area (Å²) in [6, 6.07) is 7.95. The van der Waals surface area contributed by atoms with E-state index < -0.39 is 0 Å². The zero-order valence-electron chi connectivity index (χ0n) is 9.10. The molecule has 0 heterocycles. The average molecular weight is 226 g/mol. The van der Waals surface area contributed by atoms with Crippen molar-refractivity contribution in [1.82, 2.24) is 5.32 Å². The molecule has 0 aliphatic rings. The van der Waals surface area contributed by atoms with Crippen LogP contribution in [0.2, 0.25) is 0 Å². The predicted octanol–water partition coefficient (Wildman–Crippen LogP) is 0.989. The highest BCUT2D eigenvalue weighted by Gasteiger charge is 2.16. The van der Waals surface area contributed by atoms with Crippen molar-refractivity contribution in [2.45, 2.75) is 17.0 Å². The van der Waals surface area contributed by atoms with Crippen molar-refractivity contribution in [3.8, 4) is 0 Å². The van der Waals surface area contributed by atoms with E-state index in [-0.39, 0.29) is 18.7 Å². The van der Waals surface area contributed by atoms with E-state index in [2.05, 4.69) is 17.4 Å². The van der Waals surface area contributed by atoms with E-state index in [0.29, 0.717) is 0 Å². The normalized spacial score (nSPS) is 14.9. The summed E-state index contributed by atoms with van der Waals surface area (Å²) in [6.07, 6.45) is 2.05. The molecule has 3 nitrogen and oxygen atoms in total. The molecule has 0 bridgehead atoms. The highest BCUT2D eigenvalue weighted by atomic mass is 32.2. The molecule has 0 aliphatic carbocycles. The van der Waals surface area contributed by atoms with Crippen LogP contribution in [0.1, 0.15) is 11.6 Å². The standard InChI is InChI=1S/C11H18N2OS/c1-13-11(10(12)7-14)8-3-5-9(15-2)6-4-8/h3-6,10-11,13-14H,7,12H2,1-2H3. The molecule has 0 saturated carbocycles. The molecule has 2 unspecified atom stereocenters. The topological polar surface area (TPSA) is 58.3 Å². The predicted molar refractivity (Wildman–Crippen MR) is 65.1 cm³/mol. The minimum atomic E-state index is -0.268. The van der Waals surface area contributed by atoms with Crippen LogP contribution in [-0.2, 0) is 0 Å². The van der Waals surface area contributed by atoms with E-state index in [0.717, 1.165) is 5.56 Å². The lowest BCUT2D eigenvalue weighted by Crippen LogP contribution is -2.38. The zero-order valence-corrected chi connectivity index (χ0v) is 9.92. The Morgan fingerprint density at radius 3 is 2.40 bits per heavy atom. The Hall–Kier alpha value is -0.550. The van der Waals surface area contributed by atoms with Gasteiger partial charge in [0.1, 0.15) is 0 Å². The van der Waals surface area contributed by atoms with Crippen molar-refractivity contribution < 1.29 is 5.11 Å². The number of thioether (sulfide) groups is 1. The molecule has 0 saturated heterocycles.